The Morgan fingerprint density at radius 1 is 1.22 bits per heavy atom. The van der Waals surface area contributed by atoms with E-state index in [1.807, 2.05) is 6.92 Å². The third-order valence-corrected chi connectivity index (χ3v) is 4.73. The number of hydrogen-bond acceptors (Lipinski definition) is 3. The molecule has 0 aromatic rings. The molecule has 0 heterocycles. The summed E-state index contributed by atoms with van der Waals surface area (Å²) in [7, 11) is 0. The van der Waals surface area contributed by atoms with Gasteiger partial charge in [0.2, 0.25) is 0 Å². The Labute approximate surface area is 113 Å². The second kappa shape index (κ2) is 7.46. The number of aliphatic hydroxyl groups excluding tert-OH is 1. The Bertz CT molecular complexity index is 233. The molecule has 3 heteroatoms. The van der Waals surface area contributed by atoms with Crippen LogP contribution in [0, 0.1) is 17.8 Å². The average molecular weight is 256 g/mol. The highest BCUT2D eigenvalue weighted by molar-refractivity contribution is 4.78. The molecule has 1 aliphatic carbocycles. The van der Waals surface area contributed by atoms with E-state index in [0.29, 0.717) is 12.0 Å². The van der Waals surface area contributed by atoms with E-state index in [-0.39, 0.29) is 6.04 Å². The SMILES string of the molecule is CC1CCC(CCC(C)C(C)NC(C)C(N)O)C1. The summed E-state index contributed by atoms with van der Waals surface area (Å²) in [5.41, 5.74) is 5.47. The van der Waals surface area contributed by atoms with Crippen molar-refractivity contribution >= 4 is 0 Å². The molecule has 0 radical (unpaired) electrons. The van der Waals surface area contributed by atoms with Gasteiger partial charge in [0.05, 0.1) is 0 Å². The van der Waals surface area contributed by atoms with E-state index in [2.05, 4.69) is 26.1 Å². The lowest BCUT2D eigenvalue weighted by Gasteiger charge is -2.27. The molecule has 6 unspecified atom stereocenters. The van der Waals surface area contributed by atoms with Crippen LogP contribution in [0.3, 0.4) is 0 Å². The van der Waals surface area contributed by atoms with Gasteiger partial charge in [0.15, 0.2) is 0 Å². The van der Waals surface area contributed by atoms with E-state index in [0.717, 1.165) is 11.8 Å². The molecular weight excluding hydrogens is 224 g/mol. The highest BCUT2D eigenvalue weighted by atomic mass is 16.3. The molecule has 0 amide bonds. The molecule has 0 aromatic carbocycles. The molecule has 18 heavy (non-hydrogen) atoms. The zero-order valence-electron chi connectivity index (χ0n) is 12.5. The minimum atomic E-state index is -0.768. The van der Waals surface area contributed by atoms with Gasteiger partial charge in [-0.15, -0.1) is 0 Å². The highest BCUT2D eigenvalue weighted by Crippen LogP contribution is 2.34. The van der Waals surface area contributed by atoms with Crippen LogP contribution in [0.5, 0.6) is 0 Å². The standard InChI is InChI=1S/C15H32N2O/c1-10-5-7-14(9-10)8-6-11(2)12(3)17-13(4)15(16)18/h10-15,17-18H,5-9,16H2,1-4H3. The summed E-state index contributed by atoms with van der Waals surface area (Å²) in [4.78, 5) is 0. The van der Waals surface area contributed by atoms with Crippen molar-refractivity contribution in [1.29, 1.82) is 0 Å². The Hall–Kier alpha value is -0.120. The van der Waals surface area contributed by atoms with E-state index in [9.17, 15) is 5.11 Å². The lowest BCUT2D eigenvalue weighted by molar-refractivity contribution is 0.129. The van der Waals surface area contributed by atoms with Gasteiger partial charge in [-0.3, -0.25) is 0 Å². The van der Waals surface area contributed by atoms with Crippen LogP contribution >= 0.6 is 0 Å². The minimum Gasteiger partial charge on any atom is -0.377 e. The smallest absolute Gasteiger partial charge is 0.117 e. The van der Waals surface area contributed by atoms with Crippen LogP contribution in [0.15, 0.2) is 0 Å². The van der Waals surface area contributed by atoms with Crippen molar-refractivity contribution in [3.8, 4) is 0 Å². The molecule has 0 aliphatic heterocycles. The summed E-state index contributed by atoms with van der Waals surface area (Å²) >= 11 is 0. The molecular formula is C15H32N2O. The van der Waals surface area contributed by atoms with Gasteiger partial charge >= 0.3 is 0 Å². The molecule has 3 nitrogen and oxygen atoms in total. The summed E-state index contributed by atoms with van der Waals surface area (Å²) in [6, 6.07) is 0.381. The second-order valence-electron chi connectivity index (χ2n) is 6.57. The van der Waals surface area contributed by atoms with Gasteiger partial charge in [-0.2, -0.15) is 0 Å². The molecule has 1 saturated carbocycles. The summed E-state index contributed by atoms with van der Waals surface area (Å²) in [5.74, 6) is 2.53. The normalized spacial score (nSPS) is 31.0. The van der Waals surface area contributed by atoms with Crippen LogP contribution in [0.4, 0.5) is 0 Å². The Morgan fingerprint density at radius 2 is 1.89 bits per heavy atom. The fourth-order valence-electron chi connectivity index (χ4n) is 3.01. The van der Waals surface area contributed by atoms with Gasteiger partial charge < -0.3 is 16.2 Å². The van der Waals surface area contributed by atoms with Crippen LogP contribution in [0.1, 0.15) is 59.8 Å². The largest absolute Gasteiger partial charge is 0.377 e. The Morgan fingerprint density at radius 3 is 2.39 bits per heavy atom. The Balaban J connectivity index is 2.21. The summed E-state index contributed by atoms with van der Waals surface area (Å²) in [6.07, 6.45) is 6.13. The lowest BCUT2D eigenvalue weighted by Crippen LogP contribution is -2.48. The van der Waals surface area contributed by atoms with Crippen molar-refractivity contribution in [1.82, 2.24) is 5.32 Å². The maximum Gasteiger partial charge on any atom is 0.117 e. The predicted octanol–water partition coefficient (Wildman–Crippen LogP) is 2.48. The van der Waals surface area contributed by atoms with Gasteiger partial charge in [-0.05, 0) is 44.4 Å². The van der Waals surface area contributed by atoms with Gasteiger partial charge in [0.25, 0.3) is 0 Å². The van der Waals surface area contributed by atoms with E-state index < -0.39 is 6.23 Å². The van der Waals surface area contributed by atoms with Crippen molar-refractivity contribution in [2.75, 3.05) is 0 Å². The van der Waals surface area contributed by atoms with E-state index >= 15 is 0 Å². The van der Waals surface area contributed by atoms with Gasteiger partial charge in [0.1, 0.15) is 6.23 Å². The molecule has 6 atom stereocenters. The summed E-state index contributed by atoms with van der Waals surface area (Å²) in [6.45, 7) is 8.80. The van der Waals surface area contributed by atoms with Crippen molar-refractivity contribution in [2.24, 2.45) is 23.5 Å². The molecule has 1 fully saturated rings. The fraction of sp³-hybridized carbons (Fsp3) is 1.00. The molecule has 4 N–H and O–H groups in total. The highest BCUT2D eigenvalue weighted by Gasteiger charge is 2.23. The maximum absolute atomic E-state index is 9.30. The van der Waals surface area contributed by atoms with Crippen LogP contribution < -0.4 is 11.1 Å². The zero-order chi connectivity index (χ0) is 13.7. The average Bonchev–Trinajstić information content (AvgIpc) is 2.71. The third kappa shape index (κ3) is 5.25. The topological polar surface area (TPSA) is 58.3 Å². The molecule has 1 rings (SSSR count). The fourth-order valence-corrected chi connectivity index (χ4v) is 3.01. The lowest BCUT2D eigenvalue weighted by atomic mass is 9.91. The molecule has 0 bridgehead atoms. The summed E-state index contributed by atoms with van der Waals surface area (Å²) < 4.78 is 0. The van der Waals surface area contributed by atoms with Crippen LogP contribution in [-0.2, 0) is 0 Å². The maximum atomic E-state index is 9.30. The van der Waals surface area contributed by atoms with Crippen molar-refractivity contribution in [3.63, 3.8) is 0 Å². The number of nitrogens with two attached hydrogens (primary N) is 1. The minimum absolute atomic E-state index is 0.0334. The van der Waals surface area contributed by atoms with E-state index in [1.54, 1.807) is 0 Å². The first-order valence-electron chi connectivity index (χ1n) is 7.59. The number of nitrogens with one attached hydrogen (secondary N) is 1. The first-order chi connectivity index (χ1) is 8.40. The summed E-state index contributed by atoms with van der Waals surface area (Å²) in [5, 5.41) is 12.7. The van der Waals surface area contributed by atoms with Crippen molar-refractivity contribution < 1.29 is 5.11 Å². The number of hydrogen-bond donors (Lipinski definition) is 3. The first kappa shape index (κ1) is 15.9. The van der Waals surface area contributed by atoms with Crippen LogP contribution in [0.25, 0.3) is 0 Å². The zero-order valence-corrected chi connectivity index (χ0v) is 12.5. The molecule has 0 saturated heterocycles. The number of aliphatic hydroxyl groups is 1. The van der Waals surface area contributed by atoms with Crippen LogP contribution in [0.2, 0.25) is 0 Å². The third-order valence-electron chi connectivity index (χ3n) is 4.73. The Kier molecular flexibility index (Phi) is 6.61. The van der Waals surface area contributed by atoms with Crippen LogP contribution in [-0.4, -0.2) is 23.4 Å². The molecule has 1 aliphatic rings. The molecule has 0 spiro atoms. The monoisotopic (exact) mass is 256 g/mol. The quantitative estimate of drug-likeness (QED) is 0.613. The van der Waals surface area contributed by atoms with Gasteiger partial charge in [0, 0.05) is 12.1 Å². The second-order valence-corrected chi connectivity index (χ2v) is 6.57. The first-order valence-corrected chi connectivity index (χ1v) is 7.59. The van der Waals surface area contributed by atoms with Gasteiger partial charge in [-0.1, -0.05) is 33.1 Å². The molecule has 108 valence electrons. The van der Waals surface area contributed by atoms with Crippen molar-refractivity contribution in [3.05, 3.63) is 0 Å². The van der Waals surface area contributed by atoms with E-state index in [4.69, 9.17) is 5.73 Å². The van der Waals surface area contributed by atoms with Crippen molar-refractivity contribution in [2.45, 2.75) is 78.1 Å². The van der Waals surface area contributed by atoms with E-state index in [1.165, 1.54) is 32.1 Å². The predicted molar refractivity (Wildman–Crippen MR) is 77.2 cm³/mol. The molecule has 0 aromatic heterocycles. The number of rotatable bonds is 7. The van der Waals surface area contributed by atoms with Gasteiger partial charge in [-0.25, -0.2) is 0 Å².